The summed E-state index contributed by atoms with van der Waals surface area (Å²) >= 11 is 5.11. The van der Waals surface area contributed by atoms with E-state index in [4.69, 9.17) is 17.0 Å². The molecule has 0 aromatic heterocycles. The number of benzene rings is 2. The van der Waals surface area contributed by atoms with Crippen molar-refractivity contribution in [1.82, 2.24) is 16.2 Å². The SMILES string of the molecule is CCCCCCCOc1ccc(C(=O)NC(=S)NNC(=O)c2ccc(C(C)(C)C)cc2)cc1. The van der Waals surface area contributed by atoms with E-state index in [0.29, 0.717) is 17.7 Å². The Balaban J connectivity index is 1.75. The molecule has 2 aromatic rings. The molecule has 0 aliphatic carbocycles. The van der Waals surface area contributed by atoms with Crippen molar-refractivity contribution in [2.45, 2.75) is 65.2 Å². The smallest absolute Gasteiger partial charge is 0.269 e. The molecule has 33 heavy (non-hydrogen) atoms. The third kappa shape index (κ3) is 9.22. The second-order valence-electron chi connectivity index (χ2n) is 8.98. The van der Waals surface area contributed by atoms with Crippen LogP contribution in [0.3, 0.4) is 0 Å². The molecular formula is C26H35N3O3S. The number of carbonyl (C=O) groups excluding carboxylic acids is 2. The maximum Gasteiger partial charge on any atom is 0.269 e. The van der Waals surface area contributed by atoms with Crippen LogP contribution in [0.2, 0.25) is 0 Å². The molecule has 0 unspecified atom stereocenters. The first-order chi connectivity index (χ1) is 15.7. The molecule has 2 aromatic carbocycles. The highest BCUT2D eigenvalue weighted by Crippen LogP contribution is 2.22. The topological polar surface area (TPSA) is 79.5 Å². The zero-order chi connectivity index (χ0) is 24.3. The van der Waals surface area contributed by atoms with Crippen LogP contribution in [0.5, 0.6) is 5.75 Å². The van der Waals surface area contributed by atoms with Crippen molar-refractivity contribution >= 4 is 29.1 Å². The van der Waals surface area contributed by atoms with Crippen molar-refractivity contribution < 1.29 is 14.3 Å². The van der Waals surface area contributed by atoms with Gasteiger partial charge in [0.25, 0.3) is 11.8 Å². The molecule has 0 spiro atoms. The standard InChI is InChI=1S/C26H35N3O3S/c1-5-6-7-8-9-18-32-22-16-12-19(13-17-22)23(30)27-25(33)29-28-24(31)20-10-14-21(15-11-20)26(2,3)4/h10-17H,5-9,18H2,1-4H3,(H,28,31)(H2,27,29,30,33). The number of nitrogens with one attached hydrogen (secondary N) is 3. The summed E-state index contributed by atoms with van der Waals surface area (Å²) in [7, 11) is 0. The molecule has 3 N–H and O–H groups in total. The second kappa shape index (κ2) is 12.9. The summed E-state index contributed by atoms with van der Waals surface area (Å²) in [5, 5.41) is 2.56. The molecular weight excluding hydrogens is 434 g/mol. The predicted molar refractivity (Wildman–Crippen MR) is 137 cm³/mol. The van der Waals surface area contributed by atoms with Crippen LogP contribution in [0.15, 0.2) is 48.5 Å². The van der Waals surface area contributed by atoms with Gasteiger partial charge < -0.3 is 4.74 Å². The monoisotopic (exact) mass is 469 g/mol. The highest BCUT2D eigenvalue weighted by Gasteiger charge is 2.14. The van der Waals surface area contributed by atoms with Gasteiger partial charge in [0.1, 0.15) is 5.75 Å². The number of rotatable bonds is 9. The fourth-order valence-corrected chi connectivity index (χ4v) is 3.26. The van der Waals surface area contributed by atoms with Gasteiger partial charge in [0.05, 0.1) is 6.61 Å². The van der Waals surface area contributed by atoms with E-state index < -0.39 is 0 Å². The van der Waals surface area contributed by atoms with Crippen molar-refractivity contribution in [1.29, 1.82) is 0 Å². The van der Waals surface area contributed by atoms with Gasteiger partial charge in [0.15, 0.2) is 5.11 Å². The Morgan fingerprint density at radius 1 is 0.818 bits per heavy atom. The quantitative estimate of drug-likeness (QED) is 0.264. The largest absolute Gasteiger partial charge is 0.494 e. The summed E-state index contributed by atoms with van der Waals surface area (Å²) in [5.74, 6) is 0.0122. The van der Waals surface area contributed by atoms with Gasteiger partial charge in [-0.05, 0) is 66.0 Å². The van der Waals surface area contributed by atoms with Crippen LogP contribution < -0.4 is 20.9 Å². The fourth-order valence-electron chi connectivity index (χ4n) is 3.11. The van der Waals surface area contributed by atoms with Crippen molar-refractivity contribution in [3.8, 4) is 5.75 Å². The highest BCUT2D eigenvalue weighted by molar-refractivity contribution is 7.80. The molecule has 6 nitrogen and oxygen atoms in total. The molecule has 0 heterocycles. The van der Waals surface area contributed by atoms with E-state index in [9.17, 15) is 9.59 Å². The highest BCUT2D eigenvalue weighted by atomic mass is 32.1. The molecule has 2 rings (SSSR count). The van der Waals surface area contributed by atoms with Crippen molar-refractivity contribution in [2.24, 2.45) is 0 Å². The van der Waals surface area contributed by atoms with Crippen LogP contribution in [-0.4, -0.2) is 23.5 Å². The number of ether oxygens (including phenoxy) is 1. The molecule has 0 atom stereocenters. The third-order valence-corrected chi connectivity index (χ3v) is 5.37. The lowest BCUT2D eigenvalue weighted by Gasteiger charge is -2.19. The second-order valence-corrected chi connectivity index (χ2v) is 9.39. The average molecular weight is 470 g/mol. The van der Waals surface area contributed by atoms with E-state index in [1.165, 1.54) is 19.3 Å². The number of carbonyl (C=O) groups is 2. The van der Waals surface area contributed by atoms with Gasteiger partial charge in [-0.3, -0.25) is 25.8 Å². The lowest BCUT2D eigenvalue weighted by atomic mass is 9.87. The Morgan fingerprint density at radius 2 is 1.39 bits per heavy atom. The van der Waals surface area contributed by atoms with Gasteiger partial charge in [-0.15, -0.1) is 0 Å². The van der Waals surface area contributed by atoms with Gasteiger partial charge in [-0.1, -0.05) is 65.5 Å². The van der Waals surface area contributed by atoms with Crippen LogP contribution in [-0.2, 0) is 5.41 Å². The molecule has 0 fully saturated rings. The lowest BCUT2D eigenvalue weighted by molar-refractivity contribution is 0.0934. The van der Waals surface area contributed by atoms with Gasteiger partial charge in [-0.25, -0.2) is 0 Å². The first-order valence-electron chi connectivity index (χ1n) is 11.5. The molecule has 0 radical (unpaired) electrons. The normalized spacial score (nSPS) is 10.9. The lowest BCUT2D eigenvalue weighted by Crippen LogP contribution is -2.48. The first-order valence-corrected chi connectivity index (χ1v) is 11.9. The maximum atomic E-state index is 12.4. The fraction of sp³-hybridized carbons (Fsp3) is 0.423. The minimum Gasteiger partial charge on any atom is -0.494 e. The van der Waals surface area contributed by atoms with Gasteiger partial charge in [0, 0.05) is 11.1 Å². The summed E-state index contributed by atoms with van der Waals surface area (Å²) in [5.41, 5.74) is 7.14. The maximum absolute atomic E-state index is 12.4. The molecule has 2 amide bonds. The van der Waals surface area contributed by atoms with E-state index in [1.807, 2.05) is 12.1 Å². The molecule has 0 aliphatic rings. The van der Waals surface area contributed by atoms with E-state index in [0.717, 1.165) is 24.2 Å². The van der Waals surface area contributed by atoms with Crippen LogP contribution >= 0.6 is 12.2 Å². The van der Waals surface area contributed by atoms with E-state index in [1.54, 1.807) is 36.4 Å². The van der Waals surface area contributed by atoms with Crippen molar-refractivity contribution in [3.63, 3.8) is 0 Å². The van der Waals surface area contributed by atoms with E-state index >= 15 is 0 Å². The minimum atomic E-state index is -0.373. The van der Waals surface area contributed by atoms with Crippen LogP contribution in [0, 0.1) is 0 Å². The van der Waals surface area contributed by atoms with Crippen LogP contribution in [0.4, 0.5) is 0 Å². The summed E-state index contributed by atoms with van der Waals surface area (Å²) < 4.78 is 5.72. The van der Waals surface area contributed by atoms with Gasteiger partial charge in [0.2, 0.25) is 0 Å². The number of thiocarbonyl (C=S) groups is 1. The van der Waals surface area contributed by atoms with Crippen molar-refractivity contribution in [3.05, 3.63) is 65.2 Å². The van der Waals surface area contributed by atoms with Crippen LogP contribution in [0.1, 0.15) is 86.1 Å². The van der Waals surface area contributed by atoms with E-state index in [2.05, 4.69) is 43.9 Å². The third-order valence-electron chi connectivity index (χ3n) is 5.16. The summed E-state index contributed by atoms with van der Waals surface area (Å²) in [6.45, 7) is 9.20. The predicted octanol–water partition coefficient (Wildman–Crippen LogP) is 5.28. The number of amides is 2. The Morgan fingerprint density at radius 3 is 2.00 bits per heavy atom. The number of hydrogen-bond donors (Lipinski definition) is 3. The zero-order valence-electron chi connectivity index (χ0n) is 20.0. The first kappa shape index (κ1) is 26.3. The number of hydrazine groups is 1. The van der Waals surface area contributed by atoms with E-state index in [-0.39, 0.29) is 22.3 Å². The minimum absolute atomic E-state index is 0.00654. The van der Waals surface area contributed by atoms with Gasteiger partial charge in [-0.2, -0.15) is 0 Å². The average Bonchev–Trinajstić information content (AvgIpc) is 2.79. The number of unbranched alkanes of at least 4 members (excludes halogenated alkanes) is 4. The molecule has 0 saturated heterocycles. The number of hydrogen-bond acceptors (Lipinski definition) is 4. The summed E-state index contributed by atoms with van der Waals surface area (Å²) in [6, 6.07) is 14.3. The molecule has 0 saturated carbocycles. The molecule has 178 valence electrons. The summed E-state index contributed by atoms with van der Waals surface area (Å²) in [6.07, 6.45) is 5.90. The Bertz CT molecular complexity index is 919. The summed E-state index contributed by atoms with van der Waals surface area (Å²) in [4.78, 5) is 24.7. The molecule has 7 heteroatoms. The zero-order valence-corrected chi connectivity index (χ0v) is 20.8. The molecule has 0 aliphatic heterocycles. The Labute approximate surface area is 202 Å². The molecule has 0 bridgehead atoms. The van der Waals surface area contributed by atoms with Crippen LogP contribution in [0.25, 0.3) is 0 Å². The van der Waals surface area contributed by atoms with Crippen molar-refractivity contribution in [2.75, 3.05) is 6.61 Å². The Kier molecular flexibility index (Phi) is 10.3. The Hall–Kier alpha value is -2.93. The van der Waals surface area contributed by atoms with Gasteiger partial charge >= 0.3 is 0 Å².